The minimum Gasteiger partial charge on any atom is -0.481 e. The molecule has 2 fully saturated rings. The largest absolute Gasteiger partial charge is 0.481 e. The lowest BCUT2D eigenvalue weighted by molar-refractivity contribution is -0.146. The molecular formula is C18H23NO3. The number of rotatable bonds is 3. The first-order chi connectivity index (χ1) is 10.4. The fourth-order valence-corrected chi connectivity index (χ4v) is 3.67. The average molecular weight is 301 g/mol. The third-order valence-corrected chi connectivity index (χ3v) is 4.99. The van der Waals surface area contributed by atoms with E-state index < -0.39 is 17.3 Å². The van der Waals surface area contributed by atoms with Gasteiger partial charge in [0.05, 0.1) is 11.3 Å². The number of carboxylic acids is 1. The van der Waals surface area contributed by atoms with E-state index in [9.17, 15) is 14.7 Å². The summed E-state index contributed by atoms with van der Waals surface area (Å²) in [5, 5.41) is 9.21. The van der Waals surface area contributed by atoms with Crippen molar-refractivity contribution in [3.63, 3.8) is 0 Å². The maximum atomic E-state index is 13.0. The Morgan fingerprint density at radius 3 is 2.36 bits per heavy atom. The monoisotopic (exact) mass is 301 g/mol. The van der Waals surface area contributed by atoms with Crippen molar-refractivity contribution in [1.82, 2.24) is 4.90 Å². The summed E-state index contributed by atoms with van der Waals surface area (Å²) in [5.74, 6) is -1.06. The van der Waals surface area contributed by atoms with Crippen LogP contribution in [0.3, 0.4) is 0 Å². The Balaban J connectivity index is 1.83. The van der Waals surface area contributed by atoms with Crippen molar-refractivity contribution in [2.24, 2.45) is 5.92 Å². The Kier molecular flexibility index (Phi) is 3.71. The van der Waals surface area contributed by atoms with Gasteiger partial charge in [-0.05, 0) is 45.1 Å². The zero-order chi connectivity index (χ0) is 15.9. The predicted octanol–water partition coefficient (Wildman–Crippen LogP) is 2.66. The number of likely N-dealkylation sites (tertiary alicyclic amines) is 1. The SMILES string of the molecule is Cc1cc(C)cc(C2(C(=O)N3CCC[C@H](C(=O)O)C3)CC2)c1. The van der Waals surface area contributed by atoms with E-state index in [1.807, 2.05) is 0 Å². The molecule has 22 heavy (non-hydrogen) atoms. The highest BCUT2D eigenvalue weighted by molar-refractivity contribution is 5.92. The van der Waals surface area contributed by atoms with Gasteiger partial charge >= 0.3 is 5.97 Å². The second kappa shape index (κ2) is 5.41. The third-order valence-electron chi connectivity index (χ3n) is 4.99. The van der Waals surface area contributed by atoms with Gasteiger partial charge in [-0.25, -0.2) is 0 Å². The first-order valence-corrected chi connectivity index (χ1v) is 8.03. The van der Waals surface area contributed by atoms with E-state index in [0.29, 0.717) is 19.5 Å². The maximum Gasteiger partial charge on any atom is 0.308 e. The molecule has 1 amide bonds. The minimum atomic E-state index is -0.784. The summed E-state index contributed by atoms with van der Waals surface area (Å²) in [6.07, 6.45) is 3.22. The molecule has 1 atom stereocenters. The van der Waals surface area contributed by atoms with E-state index in [1.54, 1.807) is 4.90 Å². The number of amides is 1. The van der Waals surface area contributed by atoms with Crippen LogP contribution in [0.15, 0.2) is 18.2 Å². The molecule has 0 radical (unpaired) electrons. The Morgan fingerprint density at radius 2 is 1.82 bits per heavy atom. The summed E-state index contributed by atoms with van der Waals surface area (Å²) in [4.78, 5) is 26.0. The van der Waals surface area contributed by atoms with Crippen LogP contribution in [0.25, 0.3) is 0 Å². The van der Waals surface area contributed by atoms with E-state index in [1.165, 1.54) is 11.1 Å². The van der Waals surface area contributed by atoms with Crippen LogP contribution in [-0.4, -0.2) is 35.0 Å². The molecule has 0 bridgehead atoms. The van der Waals surface area contributed by atoms with Crippen molar-refractivity contribution in [2.75, 3.05) is 13.1 Å². The number of benzene rings is 1. The summed E-state index contributed by atoms with van der Waals surface area (Å²) in [6.45, 7) is 5.16. The highest BCUT2D eigenvalue weighted by Crippen LogP contribution is 2.50. The van der Waals surface area contributed by atoms with Gasteiger partial charge in [0.1, 0.15) is 0 Å². The summed E-state index contributed by atoms with van der Waals surface area (Å²) in [5.41, 5.74) is 3.07. The molecule has 1 aliphatic heterocycles. The number of nitrogens with zero attached hydrogens (tertiary/aromatic N) is 1. The highest BCUT2D eigenvalue weighted by atomic mass is 16.4. The smallest absolute Gasteiger partial charge is 0.308 e. The van der Waals surface area contributed by atoms with Crippen molar-refractivity contribution < 1.29 is 14.7 Å². The van der Waals surface area contributed by atoms with Gasteiger partial charge in [-0.1, -0.05) is 29.3 Å². The Morgan fingerprint density at radius 1 is 1.18 bits per heavy atom. The third kappa shape index (κ3) is 2.62. The van der Waals surface area contributed by atoms with Gasteiger partial charge in [0.15, 0.2) is 0 Å². The molecule has 1 saturated carbocycles. The average Bonchev–Trinajstić information content (AvgIpc) is 3.27. The van der Waals surface area contributed by atoms with Crippen LogP contribution < -0.4 is 0 Å². The van der Waals surface area contributed by atoms with E-state index in [4.69, 9.17) is 0 Å². The Hall–Kier alpha value is -1.84. The zero-order valence-corrected chi connectivity index (χ0v) is 13.3. The number of carbonyl (C=O) groups excluding carboxylic acids is 1. The number of carboxylic acid groups (broad SMARTS) is 1. The lowest BCUT2D eigenvalue weighted by atomic mass is 9.89. The van der Waals surface area contributed by atoms with Crippen molar-refractivity contribution in [3.8, 4) is 0 Å². The van der Waals surface area contributed by atoms with Gasteiger partial charge in [0.2, 0.25) is 5.91 Å². The number of carbonyl (C=O) groups is 2. The quantitative estimate of drug-likeness (QED) is 0.933. The molecule has 0 aromatic heterocycles. The topological polar surface area (TPSA) is 57.6 Å². The van der Waals surface area contributed by atoms with Crippen molar-refractivity contribution in [3.05, 3.63) is 34.9 Å². The van der Waals surface area contributed by atoms with Crippen LogP contribution in [0.2, 0.25) is 0 Å². The summed E-state index contributed by atoms with van der Waals surface area (Å²) >= 11 is 0. The predicted molar refractivity (Wildman–Crippen MR) is 83.8 cm³/mol. The summed E-state index contributed by atoms with van der Waals surface area (Å²) in [7, 11) is 0. The molecule has 4 heteroatoms. The molecule has 2 aliphatic rings. The minimum absolute atomic E-state index is 0.128. The van der Waals surface area contributed by atoms with Gasteiger partial charge in [0.25, 0.3) is 0 Å². The number of aliphatic carboxylic acids is 1. The lowest BCUT2D eigenvalue weighted by Gasteiger charge is -2.34. The lowest BCUT2D eigenvalue weighted by Crippen LogP contribution is -2.46. The van der Waals surface area contributed by atoms with Crippen molar-refractivity contribution in [1.29, 1.82) is 0 Å². The van der Waals surface area contributed by atoms with Gasteiger partial charge in [-0.3, -0.25) is 9.59 Å². The molecular weight excluding hydrogens is 278 g/mol. The second-order valence-electron chi connectivity index (χ2n) is 6.89. The molecule has 4 nitrogen and oxygen atoms in total. The molecule has 1 heterocycles. The molecule has 118 valence electrons. The number of aryl methyl sites for hydroxylation is 2. The zero-order valence-electron chi connectivity index (χ0n) is 13.3. The van der Waals surface area contributed by atoms with E-state index in [0.717, 1.165) is 24.8 Å². The fourth-order valence-electron chi connectivity index (χ4n) is 3.67. The van der Waals surface area contributed by atoms with E-state index in [-0.39, 0.29) is 5.91 Å². The van der Waals surface area contributed by atoms with Crippen molar-refractivity contribution in [2.45, 2.75) is 44.9 Å². The number of piperidine rings is 1. The van der Waals surface area contributed by atoms with Crippen LogP contribution in [0.1, 0.15) is 42.4 Å². The Labute approximate surface area is 131 Å². The van der Waals surface area contributed by atoms with Gasteiger partial charge in [-0.2, -0.15) is 0 Å². The fraction of sp³-hybridized carbons (Fsp3) is 0.556. The normalized spacial score (nSPS) is 23.2. The molecule has 1 N–H and O–H groups in total. The first-order valence-electron chi connectivity index (χ1n) is 8.03. The standard InChI is InChI=1S/C18H23NO3/c1-12-8-13(2)10-15(9-12)18(5-6-18)17(22)19-7-3-4-14(11-19)16(20)21/h8-10,14H,3-7,11H2,1-2H3,(H,20,21)/t14-/m0/s1. The molecule has 0 spiro atoms. The van der Waals surface area contributed by atoms with Crippen LogP contribution in [0, 0.1) is 19.8 Å². The molecule has 1 aromatic carbocycles. The van der Waals surface area contributed by atoms with Crippen LogP contribution in [-0.2, 0) is 15.0 Å². The van der Waals surface area contributed by atoms with Crippen LogP contribution in [0.4, 0.5) is 0 Å². The van der Waals surface area contributed by atoms with Gasteiger partial charge < -0.3 is 10.0 Å². The van der Waals surface area contributed by atoms with E-state index in [2.05, 4.69) is 32.0 Å². The molecule has 1 aromatic rings. The van der Waals surface area contributed by atoms with Crippen molar-refractivity contribution >= 4 is 11.9 Å². The Bertz CT molecular complexity index is 599. The second-order valence-corrected chi connectivity index (χ2v) is 6.89. The number of hydrogen-bond donors (Lipinski definition) is 1. The summed E-state index contributed by atoms with van der Waals surface area (Å²) < 4.78 is 0. The summed E-state index contributed by atoms with van der Waals surface area (Å²) in [6, 6.07) is 6.33. The molecule has 1 aliphatic carbocycles. The maximum absolute atomic E-state index is 13.0. The van der Waals surface area contributed by atoms with Crippen LogP contribution >= 0.6 is 0 Å². The molecule has 3 rings (SSSR count). The van der Waals surface area contributed by atoms with Gasteiger partial charge in [-0.15, -0.1) is 0 Å². The number of hydrogen-bond acceptors (Lipinski definition) is 2. The van der Waals surface area contributed by atoms with Crippen LogP contribution in [0.5, 0.6) is 0 Å². The molecule has 0 unspecified atom stereocenters. The highest BCUT2D eigenvalue weighted by Gasteiger charge is 2.53. The van der Waals surface area contributed by atoms with E-state index >= 15 is 0 Å². The van der Waals surface area contributed by atoms with Gasteiger partial charge in [0, 0.05) is 13.1 Å². The molecule has 1 saturated heterocycles. The first kappa shape index (κ1) is 15.1.